The molecule has 5 nitrogen and oxygen atoms in total. The van der Waals surface area contributed by atoms with Gasteiger partial charge in [0.05, 0.1) is 6.61 Å². The van der Waals surface area contributed by atoms with Crippen LogP contribution >= 0.6 is 0 Å². The Morgan fingerprint density at radius 2 is 2.11 bits per heavy atom. The van der Waals surface area contributed by atoms with Gasteiger partial charge in [0.25, 0.3) is 5.91 Å². The molecule has 2 aliphatic rings. The van der Waals surface area contributed by atoms with E-state index >= 15 is 0 Å². The molecule has 0 aromatic heterocycles. The molecule has 5 heteroatoms. The first-order valence-corrected chi connectivity index (χ1v) is 5.84. The predicted molar refractivity (Wildman–Crippen MR) is 64.3 cm³/mol. The van der Waals surface area contributed by atoms with Gasteiger partial charge in [-0.05, 0) is 23.8 Å². The monoisotopic (exact) mass is 247 g/mol. The molecule has 94 valence electrons. The molecule has 3 rings (SSSR count). The van der Waals surface area contributed by atoms with Gasteiger partial charge in [-0.1, -0.05) is 0 Å². The molecule has 0 aliphatic carbocycles. The van der Waals surface area contributed by atoms with Crippen molar-refractivity contribution in [1.82, 2.24) is 0 Å². The molecule has 1 N–H and O–H groups in total. The Morgan fingerprint density at radius 3 is 2.94 bits per heavy atom. The molecule has 0 spiro atoms. The Balaban J connectivity index is 1.72. The lowest BCUT2D eigenvalue weighted by atomic mass is 10.1. The molecule has 1 aromatic rings. The van der Waals surface area contributed by atoms with Gasteiger partial charge in [-0.25, -0.2) is 0 Å². The van der Waals surface area contributed by atoms with Crippen LogP contribution in [0.2, 0.25) is 0 Å². The summed E-state index contributed by atoms with van der Waals surface area (Å²) in [6.07, 6.45) is 2.22. The summed E-state index contributed by atoms with van der Waals surface area (Å²) < 4.78 is 15.7. The zero-order chi connectivity index (χ0) is 12.4. The fraction of sp³-hybridized carbons (Fsp3) is 0.308. The highest BCUT2D eigenvalue weighted by molar-refractivity contribution is 6.02. The molecule has 2 heterocycles. The Hall–Kier alpha value is -2.17. The minimum atomic E-state index is -0.298. The zero-order valence-corrected chi connectivity index (χ0v) is 9.77. The molecule has 1 amide bonds. The maximum atomic E-state index is 11.9. The number of carbonyl (C=O) groups is 1. The highest BCUT2D eigenvalue weighted by Gasteiger charge is 2.17. The van der Waals surface area contributed by atoms with E-state index in [-0.39, 0.29) is 11.7 Å². The van der Waals surface area contributed by atoms with Crippen molar-refractivity contribution in [3.05, 3.63) is 35.8 Å². The smallest absolute Gasteiger partial charge is 0.294 e. The first-order valence-electron chi connectivity index (χ1n) is 5.84. The summed E-state index contributed by atoms with van der Waals surface area (Å²) >= 11 is 0. The zero-order valence-electron chi connectivity index (χ0n) is 9.77. The number of amides is 1. The number of hydrogen-bond donors (Lipinski definition) is 1. The topological polar surface area (TPSA) is 56.8 Å². The second-order valence-corrected chi connectivity index (χ2v) is 4.08. The fourth-order valence-corrected chi connectivity index (χ4v) is 1.94. The molecule has 1 aromatic carbocycles. The van der Waals surface area contributed by atoms with E-state index in [2.05, 4.69) is 5.32 Å². The van der Waals surface area contributed by atoms with Gasteiger partial charge >= 0.3 is 0 Å². The van der Waals surface area contributed by atoms with Crippen LogP contribution in [0.5, 0.6) is 5.75 Å². The molecular formula is C13H13NO4. The lowest BCUT2D eigenvalue weighted by Gasteiger charge is -2.15. The van der Waals surface area contributed by atoms with E-state index in [1.54, 1.807) is 0 Å². The van der Waals surface area contributed by atoms with Crippen molar-refractivity contribution in [2.24, 2.45) is 0 Å². The van der Waals surface area contributed by atoms with Crippen LogP contribution in [0.15, 0.2) is 30.2 Å². The predicted octanol–water partition coefficient (Wildman–Crippen LogP) is 1.45. The summed E-state index contributed by atoms with van der Waals surface area (Å²) in [6.45, 7) is 1.58. The summed E-state index contributed by atoms with van der Waals surface area (Å²) in [6, 6.07) is 5.60. The second-order valence-electron chi connectivity index (χ2n) is 4.08. The van der Waals surface area contributed by atoms with Crippen LogP contribution in [0, 0.1) is 0 Å². The van der Waals surface area contributed by atoms with Crippen molar-refractivity contribution in [1.29, 1.82) is 0 Å². The largest absolute Gasteiger partial charge is 0.494 e. The average Bonchev–Trinajstić information content (AvgIpc) is 2.87. The fourth-order valence-electron chi connectivity index (χ4n) is 1.94. The number of hydrogen-bond acceptors (Lipinski definition) is 4. The van der Waals surface area contributed by atoms with Gasteiger partial charge in [-0.3, -0.25) is 4.79 Å². The summed E-state index contributed by atoms with van der Waals surface area (Å²) in [5.41, 5.74) is 1.85. The minimum Gasteiger partial charge on any atom is -0.494 e. The van der Waals surface area contributed by atoms with Crippen LogP contribution < -0.4 is 10.1 Å². The summed E-state index contributed by atoms with van der Waals surface area (Å²) in [7, 11) is 0. The molecular weight excluding hydrogens is 234 g/mol. The highest BCUT2D eigenvalue weighted by Crippen LogP contribution is 2.28. The second kappa shape index (κ2) is 4.60. The van der Waals surface area contributed by atoms with Crippen molar-refractivity contribution in [3.8, 4) is 5.75 Å². The first kappa shape index (κ1) is 11.0. The molecule has 0 atom stereocenters. The molecule has 0 bridgehead atoms. The van der Waals surface area contributed by atoms with Crippen molar-refractivity contribution in [2.45, 2.75) is 6.42 Å². The van der Waals surface area contributed by atoms with Crippen LogP contribution in [0.25, 0.3) is 0 Å². The van der Waals surface area contributed by atoms with Crippen molar-refractivity contribution in [2.75, 3.05) is 25.1 Å². The molecule has 0 saturated heterocycles. The number of fused-ring (bicyclic) bond motifs is 1. The van der Waals surface area contributed by atoms with E-state index in [0.717, 1.165) is 23.4 Å². The maximum absolute atomic E-state index is 11.9. The Labute approximate surface area is 104 Å². The minimum absolute atomic E-state index is 0.206. The third-order valence-electron chi connectivity index (χ3n) is 2.82. The van der Waals surface area contributed by atoms with Gasteiger partial charge in [0, 0.05) is 12.1 Å². The number of nitrogens with one attached hydrogen (secondary N) is 1. The molecule has 0 radical (unpaired) electrons. The van der Waals surface area contributed by atoms with Gasteiger partial charge in [0.1, 0.15) is 25.2 Å². The molecule has 0 saturated carbocycles. The Morgan fingerprint density at radius 1 is 1.17 bits per heavy atom. The van der Waals surface area contributed by atoms with Crippen LogP contribution in [-0.4, -0.2) is 25.7 Å². The van der Waals surface area contributed by atoms with Gasteiger partial charge in [0.2, 0.25) is 5.76 Å². The summed E-state index contributed by atoms with van der Waals surface area (Å²) in [4.78, 5) is 11.9. The lowest BCUT2D eigenvalue weighted by Crippen LogP contribution is -2.21. The number of anilines is 1. The molecule has 0 fully saturated rings. The maximum Gasteiger partial charge on any atom is 0.294 e. The molecule has 18 heavy (non-hydrogen) atoms. The number of ether oxygens (including phenoxy) is 3. The van der Waals surface area contributed by atoms with Crippen LogP contribution in [-0.2, 0) is 20.7 Å². The normalized spacial score (nSPS) is 16.8. The Kier molecular flexibility index (Phi) is 2.80. The number of carbonyl (C=O) groups excluding carboxylic acids is 1. The number of rotatable bonds is 2. The van der Waals surface area contributed by atoms with Crippen molar-refractivity contribution < 1.29 is 19.0 Å². The highest BCUT2D eigenvalue weighted by atomic mass is 16.6. The third kappa shape index (κ3) is 2.11. The standard InChI is InChI=1S/C13H13NO4/c15-13(12-8-16-5-6-18-12)14-10-1-2-11-9(7-10)3-4-17-11/h1-2,7-8H,3-6H2,(H,14,15). The lowest BCUT2D eigenvalue weighted by molar-refractivity contribution is -0.117. The summed E-state index contributed by atoms with van der Waals surface area (Å²) in [5, 5.41) is 2.77. The number of benzene rings is 1. The van der Waals surface area contributed by atoms with Crippen molar-refractivity contribution >= 4 is 11.6 Å². The van der Waals surface area contributed by atoms with Gasteiger partial charge < -0.3 is 19.5 Å². The van der Waals surface area contributed by atoms with E-state index in [4.69, 9.17) is 14.2 Å². The average molecular weight is 247 g/mol. The summed E-state index contributed by atoms with van der Waals surface area (Å²) in [5.74, 6) is 0.802. The van der Waals surface area contributed by atoms with Crippen LogP contribution in [0.4, 0.5) is 5.69 Å². The van der Waals surface area contributed by atoms with Crippen molar-refractivity contribution in [3.63, 3.8) is 0 Å². The molecule has 2 aliphatic heterocycles. The van der Waals surface area contributed by atoms with E-state index in [0.29, 0.717) is 19.8 Å². The van der Waals surface area contributed by atoms with Crippen LogP contribution in [0.3, 0.4) is 0 Å². The van der Waals surface area contributed by atoms with E-state index in [1.807, 2.05) is 18.2 Å². The SMILES string of the molecule is O=C(Nc1ccc2c(c1)CCO2)C1=COCCO1. The van der Waals surface area contributed by atoms with Crippen LogP contribution in [0.1, 0.15) is 5.56 Å². The molecule has 0 unspecified atom stereocenters. The van der Waals surface area contributed by atoms with E-state index in [9.17, 15) is 4.79 Å². The van der Waals surface area contributed by atoms with E-state index in [1.165, 1.54) is 6.26 Å². The third-order valence-corrected chi connectivity index (χ3v) is 2.82. The Bertz CT molecular complexity index is 510. The quantitative estimate of drug-likeness (QED) is 0.859. The van der Waals surface area contributed by atoms with Gasteiger partial charge in [0.15, 0.2) is 0 Å². The van der Waals surface area contributed by atoms with E-state index < -0.39 is 0 Å². The first-order chi connectivity index (χ1) is 8.83. The van der Waals surface area contributed by atoms with Gasteiger partial charge in [-0.15, -0.1) is 0 Å². The van der Waals surface area contributed by atoms with Gasteiger partial charge in [-0.2, -0.15) is 0 Å².